The SMILES string of the molecule is c1ccc2c(c1)nc1[nH]nc(SC[C@@H]3CCCCO3)n12. The second kappa shape index (κ2) is 5.10. The highest BCUT2D eigenvalue weighted by Crippen LogP contribution is 2.25. The monoisotopic (exact) mass is 288 g/mol. The molecule has 1 N–H and O–H groups in total. The Kier molecular flexibility index (Phi) is 3.12. The van der Waals surface area contributed by atoms with Crippen LogP contribution in [-0.4, -0.2) is 38.0 Å². The summed E-state index contributed by atoms with van der Waals surface area (Å²) < 4.78 is 7.86. The van der Waals surface area contributed by atoms with Crippen molar-refractivity contribution in [2.75, 3.05) is 12.4 Å². The molecule has 1 aliphatic heterocycles. The minimum Gasteiger partial charge on any atom is -0.377 e. The fourth-order valence-corrected chi connectivity index (χ4v) is 3.67. The van der Waals surface area contributed by atoms with Crippen LogP contribution in [0.25, 0.3) is 16.8 Å². The highest BCUT2D eigenvalue weighted by atomic mass is 32.2. The first-order valence-electron chi connectivity index (χ1n) is 6.98. The molecule has 0 spiro atoms. The molecule has 6 heteroatoms. The Morgan fingerprint density at radius 3 is 3.20 bits per heavy atom. The Morgan fingerprint density at radius 2 is 2.30 bits per heavy atom. The maximum absolute atomic E-state index is 5.77. The third-order valence-corrected chi connectivity index (χ3v) is 4.75. The predicted molar refractivity (Wildman–Crippen MR) is 79.2 cm³/mol. The van der Waals surface area contributed by atoms with E-state index in [1.165, 1.54) is 12.8 Å². The van der Waals surface area contributed by atoms with Gasteiger partial charge >= 0.3 is 0 Å². The molecule has 0 radical (unpaired) electrons. The van der Waals surface area contributed by atoms with Crippen LogP contribution in [0, 0.1) is 0 Å². The van der Waals surface area contributed by atoms with Gasteiger partial charge in [0.15, 0.2) is 5.16 Å². The van der Waals surface area contributed by atoms with Gasteiger partial charge in [-0.3, -0.25) is 4.40 Å². The molecule has 20 heavy (non-hydrogen) atoms. The average molecular weight is 288 g/mol. The number of ether oxygens (including phenoxy) is 1. The minimum absolute atomic E-state index is 0.357. The van der Waals surface area contributed by atoms with E-state index in [0.29, 0.717) is 6.10 Å². The summed E-state index contributed by atoms with van der Waals surface area (Å²) in [5.41, 5.74) is 2.10. The quantitative estimate of drug-likeness (QED) is 0.753. The number of para-hydroxylation sites is 2. The average Bonchev–Trinajstić information content (AvgIpc) is 3.05. The number of thioether (sulfide) groups is 1. The van der Waals surface area contributed by atoms with Gasteiger partial charge in [0, 0.05) is 12.4 Å². The van der Waals surface area contributed by atoms with Gasteiger partial charge in [-0.15, -0.1) is 5.10 Å². The molecule has 0 bridgehead atoms. The van der Waals surface area contributed by atoms with Crippen LogP contribution in [0.3, 0.4) is 0 Å². The molecule has 104 valence electrons. The van der Waals surface area contributed by atoms with Gasteiger partial charge in [0.1, 0.15) is 0 Å². The number of aromatic nitrogens is 4. The summed E-state index contributed by atoms with van der Waals surface area (Å²) >= 11 is 1.74. The van der Waals surface area contributed by atoms with Crippen LogP contribution in [0.5, 0.6) is 0 Å². The molecule has 5 nitrogen and oxygen atoms in total. The highest BCUT2D eigenvalue weighted by molar-refractivity contribution is 7.99. The third-order valence-electron chi connectivity index (χ3n) is 3.68. The Morgan fingerprint density at radius 1 is 1.35 bits per heavy atom. The number of nitrogens with zero attached hydrogens (tertiary/aromatic N) is 3. The number of hydrogen-bond acceptors (Lipinski definition) is 4. The number of fused-ring (bicyclic) bond motifs is 3. The Labute approximate surface area is 120 Å². The van der Waals surface area contributed by atoms with Crippen molar-refractivity contribution in [3.8, 4) is 0 Å². The summed E-state index contributed by atoms with van der Waals surface area (Å²) in [5.74, 6) is 1.75. The smallest absolute Gasteiger partial charge is 0.231 e. The number of benzene rings is 1. The Balaban J connectivity index is 1.62. The molecule has 1 saturated heterocycles. The fraction of sp³-hybridized carbons (Fsp3) is 0.429. The second-order valence-electron chi connectivity index (χ2n) is 5.07. The summed E-state index contributed by atoms with van der Waals surface area (Å²) in [6.07, 6.45) is 3.98. The van der Waals surface area contributed by atoms with Gasteiger partial charge in [-0.2, -0.15) is 0 Å². The van der Waals surface area contributed by atoms with E-state index in [9.17, 15) is 0 Å². The van der Waals surface area contributed by atoms with Gasteiger partial charge in [0.25, 0.3) is 0 Å². The second-order valence-corrected chi connectivity index (χ2v) is 6.05. The molecule has 0 unspecified atom stereocenters. The topological polar surface area (TPSA) is 55.2 Å². The van der Waals surface area contributed by atoms with Crippen LogP contribution < -0.4 is 0 Å². The van der Waals surface area contributed by atoms with Crippen molar-refractivity contribution in [1.82, 2.24) is 19.6 Å². The number of imidazole rings is 1. The molecule has 1 aromatic carbocycles. The van der Waals surface area contributed by atoms with Crippen molar-refractivity contribution in [3.63, 3.8) is 0 Å². The molecule has 0 aliphatic carbocycles. The largest absolute Gasteiger partial charge is 0.377 e. The van der Waals surface area contributed by atoms with Crippen molar-refractivity contribution < 1.29 is 4.74 Å². The summed E-state index contributed by atoms with van der Waals surface area (Å²) in [5, 5.41) is 8.34. The van der Waals surface area contributed by atoms with Crippen LogP contribution in [0.1, 0.15) is 19.3 Å². The van der Waals surface area contributed by atoms with Gasteiger partial charge in [0.05, 0.1) is 17.1 Å². The number of aromatic amines is 1. The van der Waals surface area contributed by atoms with E-state index in [1.54, 1.807) is 11.8 Å². The molecule has 2 aromatic heterocycles. The molecule has 1 atom stereocenters. The van der Waals surface area contributed by atoms with E-state index >= 15 is 0 Å². The number of rotatable bonds is 3. The van der Waals surface area contributed by atoms with Gasteiger partial charge < -0.3 is 4.74 Å². The summed E-state index contributed by atoms with van der Waals surface area (Å²) in [4.78, 5) is 4.53. The standard InChI is InChI=1S/C14H16N4OS/c1-2-7-12-11(6-1)15-13-16-17-14(18(12)13)20-9-10-5-3-4-8-19-10/h1-2,6-7,10H,3-5,8-9H2,(H,15,16)/t10-/m0/s1. The first kappa shape index (κ1) is 12.2. The molecule has 0 amide bonds. The summed E-state index contributed by atoms with van der Waals surface area (Å²) in [6.45, 7) is 0.898. The number of H-pyrrole nitrogens is 1. The van der Waals surface area contributed by atoms with Crippen LogP contribution in [0.4, 0.5) is 0 Å². The third kappa shape index (κ3) is 2.09. The van der Waals surface area contributed by atoms with Crippen LogP contribution in [-0.2, 0) is 4.74 Å². The maximum Gasteiger partial charge on any atom is 0.231 e. The number of nitrogens with one attached hydrogen (secondary N) is 1. The van der Waals surface area contributed by atoms with Gasteiger partial charge in [0.2, 0.25) is 5.78 Å². The fourth-order valence-electron chi connectivity index (χ4n) is 2.65. The van der Waals surface area contributed by atoms with Crippen molar-refractivity contribution in [3.05, 3.63) is 24.3 Å². The van der Waals surface area contributed by atoms with Crippen LogP contribution in [0.15, 0.2) is 29.4 Å². The zero-order valence-corrected chi connectivity index (χ0v) is 11.9. The summed E-state index contributed by atoms with van der Waals surface area (Å²) in [7, 11) is 0. The first-order valence-corrected chi connectivity index (χ1v) is 7.96. The van der Waals surface area contributed by atoms with E-state index in [-0.39, 0.29) is 0 Å². The molecule has 3 aromatic rings. The number of hydrogen-bond donors (Lipinski definition) is 1. The Hall–Kier alpha value is -1.53. The van der Waals surface area contributed by atoms with Crippen molar-refractivity contribution in [2.45, 2.75) is 30.5 Å². The van der Waals surface area contributed by atoms with E-state index in [1.807, 2.05) is 18.2 Å². The molecule has 1 fully saturated rings. The molecular weight excluding hydrogens is 272 g/mol. The molecule has 1 aliphatic rings. The van der Waals surface area contributed by atoms with Gasteiger partial charge in [-0.1, -0.05) is 23.9 Å². The molecule has 4 rings (SSSR count). The van der Waals surface area contributed by atoms with E-state index in [0.717, 1.165) is 40.7 Å². The maximum atomic E-state index is 5.77. The van der Waals surface area contributed by atoms with Crippen molar-refractivity contribution in [2.24, 2.45) is 0 Å². The lowest BCUT2D eigenvalue weighted by atomic mass is 10.1. The van der Waals surface area contributed by atoms with Gasteiger partial charge in [-0.05, 0) is 31.4 Å². The van der Waals surface area contributed by atoms with Gasteiger partial charge in [-0.25, -0.2) is 10.1 Å². The van der Waals surface area contributed by atoms with Crippen LogP contribution >= 0.6 is 11.8 Å². The summed E-state index contributed by atoms with van der Waals surface area (Å²) in [6, 6.07) is 8.13. The lowest BCUT2D eigenvalue weighted by Gasteiger charge is -2.21. The zero-order valence-electron chi connectivity index (χ0n) is 11.1. The van der Waals surface area contributed by atoms with E-state index < -0.39 is 0 Å². The van der Waals surface area contributed by atoms with Crippen molar-refractivity contribution >= 4 is 28.6 Å². The molecular formula is C14H16N4OS. The van der Waals surface area contributed by atoms with E-state index in [4.69, 9.17) is 4.74 Å². The lowest BCUT2D eigenvalue weighted by Crippen LogP contribution is -2.21. The Bertz CT molecular complexity index is 729. The first-order chi connectivity index (χ1) is 9.92. The normalized spacial score (nSPS) is 19.9. The highest BCUT2D eigenvalue weighted by Gasteiger charge is 2.17. The minimum atomic E-state index is 0.357. The predicted octanol–water partition coefficient (Wildman–Crippen LogP) is 2.87. The van der Waals surface area contributed by atoms with E-state index in [2.05, 4.69) is 25.6 Å². The zero-order chi connectivity index (χ0) is 13.4. The molecule has 3 heterocycles. The molecule has 0 saturated carbocycles. The van der Waals surface area contributed by atoms with Crippen LogP contribution in [0.2, 0.25) is 0 Å². The lowest BCUT2D eigenvalue weighted by molar-refractivity contribution is 0.0315. The van der Waals surface area contributed by atoms with Crippen molar-refractivity contribution in [1.29, 1.82) is 0 Å².